The van der Waals surface area contributed by atoms with E-state index in [4.69, 9.17) is 9.47 Å². The van der Waals surface area contributed by atoms with E-state index in [2.05, 4.69) is 0 Å². The van der Waals surface area contributed by atoms with Crippen molar-refractivity contribution < 1.29 is 32.2 Å². The van der Waals surface area contributed by atoms with Crippen LogP contribution in [0.4, 0.5) is 18.0 Å². The number of piperidine rings is 1. The zero-order chi connectivity index (χ0) is 23.9. The number of nitrogens with zero attached hydrogens (tertiary/aromatic N) is 2. The maximum atomic E-state index is 12.9. The number of alkyl halides is 3. The normalized spacial score (nSPS) is 23.3. The molecule has 0 aliphatic carbocycles. The molecule has 0 radical (unpaired) electrons. The SMILES string of the molecule is O=C1CO[C@H]2CCN(C(=O)N3CC(c4ccc(Oc5cccc(C(F)(F)F)c5)cc4)C3)C[C@H]2C1. The van der Waals surface area contributed by atoms with Crippen LogP contribution in [0.5, 0.6) is 11.5 Å². The third-order valence-electron chi connectivity index (χ3n) is 6.78. The maximum Gasteiger partial charge on any atom is 0.416 e. The molecular formula is C25H25F3N2O4. The smallest absolute Gasteiger partial charge is 0.416 e. The zero-order valence-corrected chi connectivity index (χ0v) is 18.5. The molecule has 0 bridgehead atoms. The molecule has 3 saturated heterocycles. The second-order valence-electron chi connectivity index (χ2n) is 9.17. The standard InChI is InChI=1S/C25H25F3N2O4/c26-25(27,28)19-2-1-3-22(11-19)34-21-6-4-16(5-7-21)18-13-30(14-18)24(32)29-9-8-23-17(12-29)10-20(31)15-33-23/h1-7,11,17-18,23H,8-10,12-15H2/t17-,23+/m1/s1. The van der Waals surface area contributed by atoms with Crippen LogP contribution in [0.15, 0.2) is 48.5 Å². The number of Topliss-reactive ketones (excluding diaryl/α,β-unsaturated/α-hetero) is 1. The molecule has 3 fully saturated rings. The molecule has 3 aliphatic rings. The van der Waals surface area contributed by atoms with Crippen LogP contribution in [0.2, 0.25) is 0 Å². The molecule has 2 aromatic carbocycles. The number of rotatable bonds is 3. The summed E-state index contributed by atoms with van der Waals surface area (Å²) in [6, 6.07) is 12.0. The predicted octanol–water partition coefficient (Wildman–Crippen LogP) is 4.70. The summed E-state index contributed by atoms with van der Waals surface area (Å²) in [6.07, 6.45) is -3.11. The Labute approximate surface area is 195 Å². The highest BCUT2D eigenvalue weighted by Gasteiger charge is 2.40. The van der Waals surface area contributed by atoms with Gasteiger partial charge in [-0.05, 0) is 42.3 Å². The number of benzene rings is 2. The summed E-state index contributed by atoms with van der Waals surface area (Å²) < 4.78 is 49.8. The first kappa shape index (κ1) is 22.7. The number of likely N-dealkylation sites (tertiary alicyclic amines) is 2. The third kappa shape index (κ3) is 4.75. The van der Waals surface area contributed by atoms with E-state index in [0.29, 0.717) is 38.3 Å². The van der Waals surface area contributed by atoms with E-state index in [9.17, 15) is 22.8 Å². The number of carbonyl (C=O) groups is 2. The lowest BCUT2D eigenvalue weighted by molar-refractivity contribution is -0.140. The summed E-state index contributed by atoms with van der Waals surface area (Å²) in [4.78, 5) is 28.2. The van der Waals surface area contributed by atoms with E-state index in [1.165, 1.54) is 12.1 Å². The number of ether oxygens (including phenoxy) is 2. The van der Waals surface area contributed by atoms with E-state index in [1.807, 2.05) is 21.9 Å². The number of urea groups is 1. The molecule has 0 N–H and O–H groups in total. The Morgan fingerprint density at radius 1 is 1.00 bits per heavy atom. The molecule has 0 saturated carbocycles. The highest BCUT2D eigenvalue weighted by molar-refractivity contribution is 5.81. The number of ketones is 1. The van der Waals surface area contributed by atoms with Gasteiger partial charge in [0, 0.05) is 44.4 Å². The van der Waals surface area contributed by atoms with Crippen LogP contribution in [-0.4, -0.2) is 60.5 Å². The van der Waals surface area contributed by atoms with Crippen LogP contribution < -0.4 is 4.74 Å². The van der Waals surface area contributed by atoms with Gasteiger partial charge in [0.05, 0.1) is 11.7 Å². The number of hydrogen-bond donors (Lipinski definition) is 0. The lowest BCUT2D eigenvalue weighted by Gasteiger charge is -2.46. The Bertz CT molecular complexity index is 1070. The minimum Gasteiger partial charge on any atom is -0.457 e. The molecule has 0 spiro atoms. The summed E-state index contributed by atoms with van der Waals surface area (Å²) in [5, 5.41) is 0. The molecule has 2 aromatic rings. The molecule has 2 amide bonds. The van der Waals surface area contributed by atoms with E-state index in [1.54, 1.807) is 12.1 Å². The minimum absolute atomic E-state index is 0.00257. The van der Waals surface area contributed by atoms with Crippen molar-refractivity contribution in [2.75, 3.05) is 32.8 Å². The first-order valence-corrected chi connectivity index (χ1v) is 11.4. The molecule has 0 aromatic heterocycles. The fourth-order valence-corrected chi connectivity index (χ4v) is 4.88. The summed E-state index contributed by atoms with van der Waals surface area (Å²) in [5.41, 5.74) is 0.290. The average Bonchev–Trinajstić information content (AvgIpc) is 2.78. The Morgan fingerprint density at radius 3 is 2.50 bits per heavy atom. The van der Waals surface area contributed by atoms with Crippen LogP contribution in [0.3, 0.4) is 0 Å². The van der Waals surface area contributed by atoms with Gasteiger partial charge in [0.2, 0.25) is 0 Å². The monoisotopic (exact) mass is 474 g/mol. The van der Waals surface area contributed by atoms with Gasteiger partial charge in [0.1, 0.15) is 18.1 Å². The predicted molar refractivity (Wildman–Crippen MR) is 117 cm³/mol. The van der Waals surface area contributed by atoms with Crippen LogP contribution in [-0.2, 0) is 15.7 Å². The topological polar surface area (TPSA) is 59.1 Å². The van der Waals surface area contributed by atoms with Gasteiger partial charge in [0.15, 0.2) is 5.78 Å². The molecule has 6 nitrogen and oxygen atoms in total. The van der Waals surface area contributed by atoms with E-state index in [-0.39, 0.29) is 42.1 Å². The van der Waals surface area contributed by atoms with Crippen LogP contribution >= 0.6 is 0 Å². The number of halogens is 3. The lowest BCUT2D eigenvalue weighted by Crippen LogP contribution is -2.58. The van der Waals surface area contributed by atoms with Gasteiger partial charge < -0.3 is 19.3 Å². The quantitative estimate of drug-likeness (QED) is 0.647. The Balaban J connectivity index is 1.14. The fourth-order valence-electron chi connectivity index (χ4n) is 4.88. The number of fused-ring (bicyclic) bond motifs is 1. The second kappa shape index (κ2) is 8.94. The van der Waals surface area contributed by atoms with Crippen LogP contribution in [0.1, 0.15) is 29.9 Å². The Kier molecular flexibility index (Phi) is 5.97. The number of hydrogen-bond acceptors (Lipinski definition) is 4. The van der Waals surface area contributed by atoms with Crippen molar-refractivity contribution in [2.24, 2.45) is 5.92 Å². The van der Waals surface area contributed by atoms with E-state index in [0.717, 1.165) is 24.1 Å². The van der Waals surface area contributed by atoms with Gasteiger partial charge in [-0.2, -0.15) is 13.2 Å². The molecular weight excluding hydrogens is 449 g/mol. The van der Waals surface area contributed by atoms with Crippen molar-refractivity contribution in [3.05, 3.63) is 59.7 Å². The van der Waals surface area contributed by atoms with Gasteiger partial charge in [0.25, 0.3) is 0 Å². The van der Waals surface area contributed by atoms with Gasteiger partial charge in [-0.25, -0.2) is 4.79 Å². The lowest BCUT2D eigenvalue weighted by atomic mass is 9.87. The van der Waals surface area contributed by atoms with Gasteiger partial charge in [-0.15, -0.1) is 0 Å². The molecule has 9 heteroatoms. The minimum atomic E-state index is -4.42. The van der Waals surface area contributed by atoms with Crippen molar-refractivity contribution in [1.82, 2.24) is 9.80 Å². The highest BCUT2D eigenvalue weighted by atomic mass is 19.4. The van der Waals surface area contributed by atoms with Crippen LogP contribution in [0.25, 0.3) is 0 Å². The number of carbonyl (C=O) groups excluding carboxylic acids is 2. The summed E-state index contributed by atoms with van der Waals surface area (Å²) in [5.74, 6) is 0.948. The van der Waals surface area contributed by atoms with Crippen molar-refractivity contribution in [3.63, 3.8) is 0 Å². The third-order valence-corrected chi connectivity index (χ3v) is 6.78. The van der Waals surface area contributed by atoms with E-state index >= 15 is 0 Å². The second-order valence-corrected chi connectivity index (χ2v) is 9.17. The highest BCUT2D eigenvalue weighted by Crippen LogP contribution is 2.34. The molecule has 34 heavy (non-hydrogen) atoms. The Hall–Kier alpha value is -3.07. The van der Waals surface area contributed by atoms with Crippen molar-refractivity contribution in [2.45, 2.75) is 31.0 Å². The largest absolute Gasteiger partial charge is 0.457 e. The zero-order valence-electron chi connectivity index (χ0n) is 18.5. The first-order chi connectivity index (χ1) is 16.3. The maximum absolute atomic E-state index is 12.9. The van der Waals surface area contributed by atoms with Crippen molar-refractivity contribution in [3.8, 4) is 11.5 Å². The van der Waals surface area contributed by atoms with Crippen LogP contribution in [0, 0.1) is 5.92 Å². The molecule has 5 rings (SSSR count). The van der Waals surface area contributed by atoms with Gasteiger partial charge in [-0.1, -0.05) is 18.2 Å². The van der Waals surface area contributed by atoms with Gasteiger partial charge >= 0.3 is 12.2 Å². The fraction of sp³-hybridized carbons (Fsp3) is 0.440. The van der Waals surface area contributed by atoms with Gasteiger partial charge in [-0.3, -0.25) is 4.79 Å². The summed E-state index contributed by atoms with van der Waals surface area (Å²) in [7, 11) is 0. The molecule has 0 unspecified atom stereocenters. The molecule has 3 heterocycles. The Morgan fingerprint density at radius 2 is 1.76 bits per heavy atom. The van der Waals surface area contributed by atoms with Crippen molar-refractivity contribution >= 4 is 11.8 Å². The van der Waals surface area contributed by atoms with Crippen molar-refractivity contribution in [1.29, 1.82) is 0 Å². The summed E-state index contributed by atoms with van der Waals surface area (Å²) in [6.45, 7) is 2.58. The van der Waals surface area contributed by atoms with E-state index < -0.39 is 11.7 Å². The number of amides is 2. The molecule has 180 valence electrons. The molecule has 3 aliphatic heterocycles. The summed E-state index contributed by atoms with van der Waals surface area (Å²) >= 11 is 0. The first-order valence-electron chi connectivity index (χ1n) is 11.4. The molecule has 2 atom stereocenters. The average molecular weight is 474 g/mol.